The number of phenols is 3. The van der Waals surface area contributed by atoms with Crippen molar-refractivity contribution in [1.82, 2.24) is 0 Å². The number of aromatic hydroxyl groups is 3. The third-order valence-corrected chi connectivity index (χ3v) is 9.38. The highest BCUT2D eigenvalue weighted by Crippen LogP contribution is 2.73. The lowest BCUT2D eigenvalue weighted by Gasteiger charge is -2.69. The van der Waals surface area contributed by atoms with E-state index in [1.54, 1.807) is 13.2 Å². The standard InChI is InChI=1S/C31H34O6/c1-13(2)22-17-9-16(6)25(33)24-23(17)18(26(34)27(22)36-8)12-29(7)19-11-21(32)15(5)10-20(19)30(14(3)4)28(35)31(24,29)37-30/h9-11,13-14,32-34H,12H2,1-8H3. The zero-order valence-corrected chi connectivity index (χ0v) is 22.7. The van der Waals surface area contributed by atoms with E-state index in [4.69, 9.17) is 9.47 Å². The number of methoxy groups -OCH3 is 1. The van der Waals surface area contributed by atoms with Crippen LogP contribution in [0.5, 0.6) is 23.0 Å². The van der Waals surface area contributed by atoms with Crippen LogP contribution in [0.15, 0.2) is 18.2 Å². The fraction of sp³-hybridized carbons (Fsp3) is 0.452. The number of benzene rings is 3. The molecule has 6 heteroatoms. The van der Waals surface area contributed by atoms with Crippen LogP contribution in [-0.2, 0) is 32.6 Å². The molecule has 0 saturated carbocycles. The molecule has 2 heterocycles. The maximum Gasteiger partial charge on any atom is 0.206 e. The number of ether oxygens (including phenoxy) is 2. The normalized spacial score (nSPS) is 27.4. The second-order valence-electron chi connectivity index (χ2n) is 12.0. The number of aryl methyl sites for hydroxylation is 2. The van der Waals surface area contributed by atoms with Crippen LogP contribution in [-0.4, -0.2) is 28.2 Å². The summed E-state index contributed by atoms with van der Waals surface area (Å²) in [6, 6.07) is 5.52. The van der Waals surface area contributed by atoms with Gasteiger partial charge < -0.3 is 24.8 Å². The van der Waals surface area contributed by atoms with Gasteiger partial charge in [-0.25, -0.2) is 0 Å². The molecule has 2 bridgehead atoms. The van der Waals surface area contributed by atoms with E-state index in [-0.39, 0.29) is 41.3 Å². The van der Waals surface area contributed by atoms with Crippen LogP contribution in [0, 0.1) is 19.8 Å². The zero-order valence-electron chi connectivity index (χ0n) is 22.7. The second kappa shape index (κ2) is 6.98. The first-order valence-corrected chi connectivity index (χ1v) is 13.0. The molecule has 1 saturated heterocycles. The van der Waals surface area contributed by atoms with Crippen LogP contribution in [0.25, 0.3) is 10.8 Å². The highest BCUT2D eigenvalue weighted by molar-refractivity contribution is 6.12. The van der Waals surface area contributed by atoms with Crippen molar-refractivity contribution in [3.8, 4) is 23.0 Å². The van der Waals surface area contributed by atoms with Crippen molar-refractivity contribution in [2.75, 3.05) is 7.11 Å². The van der Waals surface area contributed by atoms with Crippen molar-refractivity contribution < 1.29 is 29.6 Å². The number of ketones is 1. The van der Waals surface area contributed by atoms with E-state index in [1.165, 1.54) is 0 Å². The number of carbonyl (C=O) groups excluding carboxylic acids is 1. The van der Waals surface area contributed by atoms with Gasteiger partial charge in [0.25, 0.3) is 0 Å². The van der Waals surface area contributed by atoms with Crippen LogP contribution < -0.4 is 4.74 Å². The molecule has 37 heavy (non-hydrogen) atoms. The van der Waals surface area contributed by atoms with Gasteiger partial charge in [0.2, 0.25) is 5.78 Å². The van der Waals surface area contributed by atoms with Gasteiger partial charge in [0.1, 0.15) is 11.5 Å². The van der Waals surface area contributed by atoms with Gasteiger partial charge in [0, 0.05) is 22.1 Å². The van der Waals surface area contributed by atoms with Gasteiger partial charge in [0.15, 0.2) is 22.7 Å². The lowest BCUT2D eigenvalue weighted by molar-refractivity contribution is -0.291. The summed E-state index contributed by atoms with van der Waals surface area (Å²) < 4.78 is 12.7. The van der Waals surface area contributed by atoms with E-state index in [9.17, 15) is 20.1 Å². The Bertz CT molecular complexity index is 1570. The Balaban J connectivity index is 1.84. The van der Waals surface area contributed by atoms with Crippen molar-refractivity contribution in [3.63, 3.8) is 0 Å². The SMILES string of the molecule is COc1c(O)c2c3c(c(O)c(C)cc3c1C(C)C)C13OC(C(C)C)(C1=O)c1cc(C)c(O)cc1C3(C)C2. The summed E-state index contributed by atoms with van der Waals surface area (Å²) in [5, 5.41) is 35.6. The van der Waals surface area contributed by atoms with Crippen LogP contribution in [0.1, 0.15) is 79.5 Å². The molecule has 3 N–H and O–H groups in total. The summed E-state index contributed by atoms with van der Waals surface area (Å²) >= 11 is 0. The predicted molar refractivity (Wildman–Crippen MR) is 141 cm³/mol. The Morgan fingerprint density at radius 2 is 1.65 bits per heavy atom. The monoisotopic (exact) mass is 502 g/mol. The highest BCUT2D eigenvalue weighted by Gasteiger charge is 2.80. The van der Waals surface area contributed by atoms with Crippen LogP contribution in [0.4, 0.5) is 0 Å². The summed E-state index contributed by atoms with van der Waals surface area (Å²) in [7, 11) is 1.55. The molecule has 2 aliphatic carbocycles. The average Bonchev–Trinajstić information content (AvgIpc) is 2.82. The summed E-state index contributed by atoms with van der Waals surface area (Å²) in [4.78, 5) is 14.7. The van der Waals surface area contributed by atoms with Gasteiger partial charge >= 0.3 is 0 Å². The first-order valence-electron chi connectivity index (χ1n) is 13.0. The van der Waals surface area contributed by atoms with Crippen molar-refractivity contribution in [1.29, 1.82) is 0 Å². The Morgan fingerprint density at radius 3 is 2.22 bits per heavy atom. The predicted octanol–water partition coefficient (Wildman–Crippen LogP) is 5.88. The van der Waals surface area contributed by atoms with Crippen LogP contribution in [0.2, 0.25) is 0 Å². The minimum atomic E-state index is -1.46. The Morgan fingerprint density at radius 1 is 0.973 bits per heavy atom. The van der Waals surface area contributed by atoms with Gasteiger partial charge in [0.05, 0.1) is 7.11 Å². The third kappa shape index (κ3) is 2.35. The lowest BCUT2D eigenvalue weighted by atomic mass is 9.44. The van der Waals surface area contributed by atoms with E-state index in [0.29, 0.717) is 33.4 Å². The topological polar surface area (TPSA) is 96.2 Å². The molecular weight excluding hydrogens is 468 g/mol. The molecule has 1 spiro atoms. The lowest BCUT2D eigenvalue weighted by Crippen LogP contribution is -2.79. The fourth-order valence-electron chi connectivity index (χ4n) is 7.58. The maximum absolute atomic E-state index is 14.7. The molecule has 194 valence electrons. The molecule has 3 atom stereocenters. The number of hydrogen-bond donors (Lipinski definition) is 3. The molecule has 0 amide bonds. The fourth-order valence-corrected chi connectivity index (χ4v) is 7.58. The van der Waals surface area contributed by atoms with Gasteiger partial charge in [-0.1, -0.05) is 34.6 Å². The molecular formula is C31H34O6. The van der Waals surface area contributed by atoms with Crippen molar-refractivity contribution in [2.45, 2.75) is 77.4 Å². The number of hydrogen-bond acceptors (Lipinski definition) is 6. The molecule has 2 aliphatic heterocycles. The Kier molecular flexibility index (Phi) is 4.55. The van der Waals surface area contributed by atoms with E-state index in [0.717, 1.165) is 22.1 Å². The quantitative estimate of drug-likeness (QED) is 0.414. The maximum atomic E-state index is 14.7. The summed E-state index contributed by atoms with van der Waals surface area (Å²) in [6.07, 6.45) is 0.273. The first kappa shape index (κ1) is 24.1. The number of rotatable bonds is 3. The van der Waals surface area contributed by atoms with Gasteiger partial charge in [-0.3, -0.25) is 4.79 Å². The molecule has 0 aromatic heterocycles. The van der Waals surface area contributed by atoms with Gasteiger partial charge in [-0.2, -0.15) is 0 Å². The van der Waals surface area contributed by atoms with E-state index in [1.807, 2.05) is 60.6 Å². The summed E-state index contributed by atoms with van der Waals surface area (Å²) in [5.41, 5.74) is 1.08. The summed E-state index contributed by atoms with van der Waals surface area (Å²) in [6.45, 7) is 13.6. The molecule has 3 aromatic rings. The van der Waals surface area contributed by atoms with E-state index in [2.05, 4.69) is 0 Å². The van der Waals surface area contributed by atoms with E-state index < -0.39 is 16.6 Å². The number of Topliss-reactive ketones (excluding diaryl/α,β-unsaturated/α-hetero) is 1. The zero-order chi connectivity index (χ0) is 27.0. The molecule has 6 nitrogen and oxygen atoms in total. The van der Waals surface area contributed by atoms with Crippen LogP contribution >= 0.6 is 0 Å². The molecule has 3 unspecified atom stereocenters. The minimum Gasteiger partial charge on any atom is -0.508 e. The summed E-state index contributed by atoms with van der Waals surface area (Å²) in [5.74, 6) is 0.338. The van der Waals surface area contributed by atoms with Gasteiger partial charge in [-0.05, 0) is 83.3 Å². The molecule has 0 radical (unpaired) electrons. The molecule has 7 rings (SSSR count). The molecule has 3 aromatic carbocycles. The molecule has 4 aliphatic rings. The largest absolute Gasteiger partial charge is 0.508 e. The molecule has 1 fully saturated rings. The smallest absolute Gasteiger partial charge is 0.206 e. The Hall–Kier alpha value is -3.25. The second-order valence-corrected chi connectivity index (χ2v) is 12.0. The van der Waals surface area contributed by atoms with E-state index >= 15 is 0 Å². The van der Waals surface area contributed by atoms with Crippen LogP contribution in [0.3, 0.4) is 0 Å². The minimum absolute atomic E-state index is 0.00411. The van der Waals surface area contributed by atoms with Crippen molar-refractivity contribution in [3.05, 3.63) is 57.1 Å². The third-order valence-electron chi connectivity index (χ3n) is 9.38. The first-order chi connectivity index (χ1) is 17.3. The van der Waals surface area contributed by atoms with Crippen molar-refractivity contribution in [2.24, 2.45) is 5.92 Å². The Labute approximate surface area is 216 Å². The van der Waals surface area contributed by atoms with Gasteiger partial charge in [-0.15, -0.1) is 0 Å². The average molecular weight is 503 g/mol. The number of phenolic OH excluding ortho intramolecular Hbond substituents is 3. The number of carbonyl (C=O) groups is 1. The van der Waals surface area contributed by atoms with Crippen molar-refractivity contribution >= 4 is 16.6 Å². The highest BCUT2D eigenvalue weighted by atomic mass is 16.6.